The topological polar surface area (TPSA) is 47.0 Å². The first kappa shape index (κ1) is 20.2. The fourth-order valence-corrected chi connectivity index (χ4v) is 4.19. The lowest BCUT2D eigenvalue weighted by Gasteiger charge is -2.38. The van der Waals surface area contributed by atoms with Crippen LogP contribution in [0.15, 0.2) is 24.3 Å². The maximum absolute atomic E-state index is 13.2. The molecular formula is C21H32FN3O2. The summed E-state index contributed by atoms with van der Waals surface area (Å²) in [7, 11) is 0. The molecule has 0 unspecified atom stereocenters. The summed E-state index contributed by atoms with van der Waals surface area (Å²) in [5.74, 6) is -0.0584. The molecule has 1 N–H and O–H groups in total. The molecular weight excluding hydrogens is 345 g/mol. The lowest BCUT2D eigenvalue weighted by atomic mass is 9.93. The SMILES string of the molecule is O=C(CN1CCN(CCO)CC1)N(Cc1ccc(F)cc1)C1CCCCC1. The average molecular weight is 378 g/mol. The third-order valence-corrected chi connectivity index (χ3v) is 5.84. The Bertz CT molecular complexity index is 582. The fourth-order valence-electron chi connectivity index (χ4n) is 4.19. The Hall–Kier alpha value is -1.50. The minimum absolute atomic E-state index is 0.182. The zero-order valence-electron chi connectivity index (χ0n) is 16.2. The molecule has 1 amide bonds. The highest BCUT2D eigenvalue weighted by molar-refractivity contribution is 5.78. The lowest BCUT2D eigenvalue weighted by Crippen LogP contribution is -2.52. The van der Waals surface area contributed by atoms with Gasteiger partial charge in [-0.1, -0.05) is 31.4 Å². The Balaban J connectivity index is 1.61. The predicted octanol–water partition coefficient (Wildman–Crippen LogP) is 2.10. The summed E-state index contributed by atoms with van der Waals surface area (Å²) in [4.78, 5) is 19.6. The summed E-state index contributed by atoms with van der Waals surface area (Å²) < 4.78 is 13.2. The van der Waals surface area contributed by atoms with E-state index in [1.54, 1.807) is 12.1 Å². The van der Waals surface area contributed by atoms with Gasteiger partial charge in [0.15, 0.2) is 0 Å². The van der Waals surface area contributed by atoms with Gasteiger partial charge in [-0.25, -0.2) is 4.39 Å². The fraction of sp³-hybridized carbons (Fsp3) is 0.667. The van der Waals surface area contributed by atoms with Gasteiger partial charge in [0.25, 0.3) is 0 Å². The number of carbonyl (C=O) groups is 1. The summed E-state index contributed by atoms with van der Waals surface area (Å²) in [5, 5.41) is 9.06. The van der Waals surface area contributed by atoms with Gasteiger partial charge in [0.05, 0.1) is 13.2 Å². The predicted molar refractivity (Wildman–Crippen MR) is 104 cm³/mol. The van der Waals surface area contributed by atoms with Gasteiger partial charge in [-0.15, -0.1) is 0 Å². The Morgan fingerprint density at radius 1 is 1.04 bits per heavy atom. The van der Waals surface area contributed by atoms with Crippen LogP contribution in [-0.2, 0) is 11.3 Å². The average Bonchev–Trinajstić information content (AvgIpc) is 2.70. The number of amides is 1. The summed E-state index contributed by atoms with van der Waals surface area (Å²) in [6.45, 7) is 5.43. The van der Waals surface area contributed by atoms with Gasteiger partial charge in [0.2, 0.25) is 5.91 Å². The number of rotatable bonds is 7. The number of nitrogens with zero attached hydrogens (tertiary/aromatic N) is 3. The highest BCUT2D eigenvalue weighted by atomic mass is 19.1. The second kappa shape index (κ2) is 10.2. The van der Waals surface area contributed by atoms with Crippen LogP contribution < -0.4 is 0 Å². The molecule has 0 aromatic heterocycles. The smallest absolute Gasteiger partial charge is 0.237 e. The first-order valence-corrected chi connectivity index (χ1v) is 10.2. The van der Waals surface area contributed by atoms with E-state index in [1.165, 1.54) is 31.4 Å². The third-order valence-electron chi connectivity index (χ3n) is 5.84. The molecule has 2 fully saturated rings. The quantitative estimate of drug-likeness (QED) is 0.791. The Morgan fingerprint density at radius 2 is 1.67 bits per heavy atom. The molecule has 1 aliphatic carbocycles. The summed E-state index contributed by atoms with van der Waals surface area (Å²) in [6.07, 6.45) is 5.74. The molecule has 3 rings (SSSR count). The van der Waals surface area contributed by atoms with Crippen LogP contribution in [0.3, 0.4) is 0 Å². The van der Waals surface area contributed by atoms with Crippen molar-refractivity contribution >= 4 is 5.91 Å². The number of hydrogen-bond donors (Lipinski definition) is 1. The first-order valence-electron chi connectivity index (χ1n) is 10.2. The number of benzene rings is 1. The third kappa shape index (κ3) is 5.99. The Morgan fingerprint density at radius 3 is 2.30 bits per heavy atom. The molecule has 5 nitrogen and oxygen atoms in total. The Labute approximate surface area is 161 Å². The molecule has 1 saturated carbocycles. The highest BCUT2D eigenvalue weighted by Gasteiger charge is 2.27. The monoisotopic (exact) mass is 377 g/mol. The van der Waals surface area contributed by atoms with E-state index in [-0.39, 0.29) is 18.3 Å². The van der Waals surface area contributed by atoms with Crippen molar-refractivity contribution < 1.29 is 14.3 Å². The molecule has 1 aromatic carbocycles. The molecule has 2 aliphatic rings. The highest BCUT2D eigenvalue weighted by Crippen LogP contribution is 2.24. The van der Waals surface area contributed by atoms with Gasteiger partial charge < -0.3 is 10.0 Å². The van der Waals surface area contributed by atoms with Crippen molar-refractivity contribution in [3.05, 3.63) is 35.6 Å². The van der Waals surface area contributed by atoms with Crippen LogP contribution in [0, 0.1) is 5.82 Å². The van der Waals surface area contributed by atoms with E-state index in [9.17, 15) is 9.18 Å². The van der Waals surface area contributed by atoms with Crippen molar-refractivity contribution in [2.45, 2.75) is 44.7 Å². The zero-order chi connectivity index (χ0) is 19.1. The van der Waals surface area contributed by atoms with Gasteiger partial charge in [-0.3, -0.25) is 14.6 Å². The van der Waals surface area contributed by atoms with Crippen molar-refractivity contribution in [1.29, 1.82) is 0 Å². The standard InChI is InChI=1S/C21H32FN3O2/c22-19-8-6-18(7-9-19)16-25(20-4-2-1-3-5-20)21(27)17-24-12-10-23(11-13-24)14-15-26/h6-9,20,26H,1-5,10-17H2. The molecule has 0 atom stereocenters. The van der Waals surface area contributed by atoms with Crippen LogP contribution in [0.25, 0.3) is 0 Å². The number of halogens is 1. The van der Waals surface area contributed by atoms with Gasteiger partial charge in [0.1, 0.15) is 5.82 Å². The molecule has 27 heavy (non-hydrogen) atoms. The molecule has 150 valence electrons. The maximum atomic E-state index is 13.2. The number of hydrogen-bond acceptors (Lipinski definition) is 4. The number of piperazine rings is 1. The Kier molecular flexibility index (Phi) is 7.61. The molecule has 1 saturated heterocycles. The second-order valence-corrected chi connectivity index (χ2v) is 7.78. The minimum Gasteiger partial charge on any atom is -0.395 e. The second-order valence-electron chi connectivity index (χ2n) is 7.78. The van der Waals surface area contributed by atoms with Gasteiger partial charge in [-0.05, 0) is 30.5 Å². The van der Waals surface area contributed by atoms with Crippen LogP contribution in [-0.4, -0.2) is 77.6 Å². The van der Waals surface area contributed by atoms with Crippen LogP contribution in [0.1, 0.15) is 37.7 Å². The zero-order valence-corrected chi connectivity index (χ0v) is 16.2. The molecule has 0 radical (unpaired) electrons. The van der Waals surface area contributed by atoms with Crippen LogP contribution in [0.4, 0.5) is 4.39 Å². The number of β-amino-alcohol motifs (C(OH)–C–C–N with tert-alkyl or cyclic N) is 1. The molecule has 1 heterocycles. The molecule has 1 aliphatic heterocycles. The van der Waals surface area contributed by atoms with E-state index in [0.29, 0.717) is 25.7 Å². The van der Waals surface area contributed by atoms with Crippen molar-refractivity contribution in [2.24, 2.45) is 0 Å². The van der Waals surface area contributed by atoms with Crippen LogP contribution in [0.5, 0.6) is 0 Å². The summed E-state index contributed by atoms with van der Waals surface area (Å²) >= 11 is 0. The van der Waals surface area contributed by atoms with E-state index in [0.717, 1.165) is 44.6 Å². The summed E-state index contributed by atoms with van der Waals surface area (Å²) in [5.41, 5.74) is 0.989. The van der Waals surface area contributed by atoms with Crippen molar-refractivity contribution in [3.8, 4) is 0 Å². The normalized spacial score (nSPS) is 19.9. The largest absolute Gasteiger partial charge is 0.395 e. The van der Waals surface area contributed by atoms with Crippen molar-refractivity contribution in [2.75, 3.05) is 45.9 Å². The van der Waals surface area contributed by atoms with E-state index in [4.69, 9.17) is 5.11 Å². The van der Waals surface area contributed by atoms with Gasteiger partial charge in [0, 0.05) is 45.3 Å². The molecule has 1 aromatic rings. The molecule has 0 bridgehead atoms. The van der Waals surface area contributed by atoms with Gasteiger partial charge >= 0.3 is 0 Å². The number of aliphatic hydroxyl groups is 1. The number of aliphatic hydroxyl groups excluding tert-OH is 1. The first-order chi connectivity index (χ1) is 13.2. The van der Waals surface area contributed by atoms with Crippen molar-refractivity contribution in [1.82, 2.24) is 14.7 Å². The van der Waals surface area contributed by atoms with Crippen LogP contribution in [0.2, 0.25) is 0 Å². The number of carbonyl (C=O) groups excluding carboxylic acids is 1. The molecule has 6 heteroatoms. The summed E-state index contributed by atoms with van der Waals surface area (Å²) in [6, 6.07) is 6.81. The van der Waals surface area contributed by atoms with E-state index in [1.807, 2.05) is 4.90 Å². The lowest BCUT2D eigenvalue weighted by molar-refractivity contribution is -0.136. The van der Waals surface area contributed by atoms with Crippen LogP contribution >= 0.6 is 0 Å². The van der Waals surface area contributed by atoms with E-state index in [2.05, 4.69) is 9.80 Å². The van der Waals surface area contributed by atoms with Crippen molar-refractivity contribution in [3.63, 3.8) is 0 Å². The minimum atomic E-state index is -0.241. The molecule has 0 spiro atoms. The van der Waals surface area contributed by atoms with E-state index < -0.39 is 0 Å². The maximum Gasteiger partial charge on any atom is 0.237 e. The van der Waals surface area contributed by atoms with E-state index >= 15 is 0 Å². The van der Waals surface area contributed by atoms with Gasteiger partial charge in [-0.2, -0.15) is 0 Å².